The number of carbonyl (C=O) groups is 1. The van der Waals surface area contributed by atoms with Gasteiger partial charge in [0.2, 0.25) is 0 Å². The van der Waals surface area contributed by atoms with E-state index >= 15 is 0 Å². The van der Waals surface area contributed by atoms with Crippen molar-refractivity contribution in [3.63, 3.8) is 0 Å². The molecule has 0 aliphatic heterocycles. The van der Waals surface area contributed by atoms with Gasteiger partial charge in [-0.2, -0.15) is 0 Å². The van der Waals surface area contributed by atoms with Gasteiger partial charge in [0, 0.05) is 12.0 Å². The van der Waals surface area contributed by atoms with Crippen LogP contribution in [0, 0.1) is 11.3 Å². The van der Waals surface area contributed by atoms with Crippen molar-refractivity contribution >= 4 is 6.29 Å². The highest BCUT2D eigenvalue weighted by Gasteiger charge is 2.35. The van der Waals surface area contributed by atoms with Crippen molar-refractivity contribution in [3.8, 4) is 0 Å². The quantitative estimate of drug-likeness (QED) is 0.634. The fraction of sp³-hybridized carbons (Fsp3) is 0.933. The Morgan fingerprint density at radius 2 is 1.71 bits per heavy atom. The fourth-order valence-corrected chi connectivity index (χ4v) is 3.00. The van der Waals surface area contributed by atoms with E-state index < -0.39 is 0 Å². The Labute approximate surface area is 107 Å². The van der Waals surface area contributed by atoms with Gasteiger partial charge in [-0.25, -0.2) is 0 Å². The molecule has 0 saturated heterocycles. The molecule has 100 valence electrons. The SMILES string of the molecule is CCCN(CCC)CC1(C=O)CCC(C)CC1. The van der Waals surface area contributed by atoms with Crippen LogP contribution in [0.15, 0.2) is 0 Å². The maximum atomic E-state index is 11.5. The van der Waals surface area contributed by atoms with Crippen LogP contribution in [0.4, 0.5) is 0 Å². The molecule has 1 aliphatic rings. The Kier molecular flexibility index (Phi) is 6.18. The van der Waals surface area contributed by atoms with Gasteiger partial charge in [0.25, 0.3) is 0 Å². The van der Waals surface area contributed by atoms with E-state index in [1.807, 2.05) is 0 Å². The van der Waals surface area contributed by atoms with Crippen molar-refractivity contribution in [1.82, 2.24) is 4.90 Å². The van der Waals surface area contributed by atoms with Gasteiger partial charge < -0.3 is 9.69 Å². The zero-order valence-electron chi connectivity index (χ0n) is 11.9. The Bertz CT molecular complexity index is 213. The minimum atomic E-state index is -0.0309. The minimum Gasteiger partial charge on any atom is -0.303 e. The molecule has 0 spiro atoms. The molecule has 0 unspecified atom stereocenters. The maximum Gasteiger partial charge on any atom is 0.127 e. The van der Waals surface area contributed by atoms with Gasteiger partial charge in [-0.15, -0.1) is 0 Å². The summed E-state index contributed by atoms with van der Waals surface area (Å²) in [5, 5.41) is 0. The van der Waals surface area contributed by atoms with Crippen molar-refractivity contribution in [2.45, 2.75) is 59.3 Å². The van der Waals surface area contributed by atoms with Gasteiger partial charge in [0.1, 0.15) is 6.29 Å². The summed E-state index contributed by atoms with van der Waals surface area (Å²) in [7, 11) is 0. The van der Waals surface area contributed by atoms with E-state index in [0.717, 1.165) is 38.4 Å². The lowest BCUT2D eigenvalue weighted by molar-refractivity contribution is -0.119. The number of carbonyl (C=O) groups excluding carboxylic acids is 1. The molecule has 0 aromatic carbocycles. The molecule has 1 fully saturated rings. The highest BCUT2D eigenvalue weighted by Crippen LogP contribution is 2.37. The van der Waals surface area contributed by atoms with Crippen molar-refractivity contribution in [3.05, 3.63) is 0 Å². The summed E-state index contributed by atoms with van der Waals surface area (Å²) >= 11 is 0. The van der Waals surface area contributed by atoms with E-state index in [-0.39, 0.29) is 5.41 Å². The van der Waals surface area contributed by atoms with E-state index in [4.69, 9.17) is 0 Å². The largest absolute Gasteiger partial charge is 0.303 e. The molecule has 1 aliphatic carbocycles. The fourth-order valence-electron chi connectivity index (χ4n) is 3.00. The number of hydrogen-bond acceptors (Lipinski definition) is 2. The van der Waals surface area contributed by atoms with Gasteiger partial charge in [0.15, 0.2) is 0 Å². The summed E-state index contributed by atoms with van der Waals surface area (Å²) in [5.74, 6) is 0.814. The first kappa shape index (κ1) is 14.7. The average Bonchev–Trinajstić information content (AvgIpc) is 2.33. The van der Waals surface area contributed by atoms with Crippen LogP contribution in [0.25, 0.3) is 0 Å². The lowest BCUT2D eigenvalue weighted by Crippen LogP contribution is -2.42. The molecule has 2 heteroatoms. The molecular weight excluding hydrogens is 210 g/mol. The zero-order chi connectivity index (χ0) is 12.7. The second kappa shape index (κ2) is 7.15. The van der Waals surface area contributed by atoms with Gasteiger partial charge >= 0.3 is 0 Å². The smallest absolute Gasteiger partial charge is 0.127 e. The third-order valence-electron chi connectivity index (χ3n) is 4.14. The molecule has 1 saturated carbocycles. The molecule has 0 aromatic rings. The Morgan fingerprint density at radius 1 is 1.18 bits per heavy atom. The van der Waals surface area contributed by atoms with Gasteiger partial charge in [-0.3, -0.25) is 0 Å². The predicted molar refractivity (Wildman–Crippen MR) is 73.2 cm³/mol. The average molecular weight is 239 g/mol. The van der Waals surface area contributed by atoms with Gasteiger partial charge in [0.05, 0.1) is 0 Å². The summed E-state index contributed by atoms with van der Waals surface area (Å²) in [6.07, 6.45) is 8.28. The summed E-state index contributed by atoms with van der Waals surface area (Å²) in [5.41, 5.74) is -0.0309. The van der Waals surface area contributed by atoms with E-state index in [1.165, 1.54) is 32.0 Å². The van der Waals surface area contributed by atoms with Crippen LogP contribution in [0.5, 0.6) is 0 Å². The second-order valence-electron chi connectivity index (χ2n) is 5.94. The molecule has 0 bridgehead atoms. The van der Waals surface area contributed by atoms with Gasteiger partial charge in [-0.05, 0) is 57.5 Å². The highest BCUT2D eigenvalue weighted by molar-refractivity contribution is 5.60. The third kappa shape index (κ3) is 4.42. The predicted octanol–water partition coefficient (Wildman–Crippen LogP) is 3.50. The number of nitrogens with zero attached hydrogens (tertiary/aromatic N) is 1. The van der Waals surface area contributed by atoms with E-state index in [1.54, 1.807) is 0 Å². The van der Waals surface area contributed by atoms with E-state index in [0.29, 0.717) is 0 Å². The van der Waals surface area contributed by atoms with Crippen LogP contribution < -0.4 is 0 Å². The van der Waals surface area contributed by atoms with Crippen LogP contribution in [0.1, 0.15) is 59.3 Å². The summed E-state index contributed by atoms with van der Waals surface area (Å²) in [4.78, 5) is 14.0. The summed E-state index contributed by atoms with van der Waals surface area (Å²) in [6.45, 7) is 10.0. The molecule has 0 heterocycles. The zero-order valence-corrected chi connectivity index (χ0v) is 11.9. The second-order valence-corrected chi connectivity index (χ2v) is 5.94. The first-order chi connectivity index (χ1) is 8.15. The van der Waals surface area contributed by atoms with Crippen molar-refractivity contribution in [2.24, 2.45) is 11.3 Å². The molecule has 1 rings (SSSR count). The van der Waals surface area contributed by atoms with Gasteiger partial charge in [-0.1, -0.05) is 20.8 Å². The molecule has 0 radical (unpaired) electrons. The van der Waals surface area contributed by atoms with Crippen molar-refractivity contribution < 1.29 is 4.79 Å². The maximum absolute atomic E-state index is 11.5. The molecular formula is C15H29NO. The first-order valence-electron chi connectivity index (χ1n) is 7.34. The molecule has 0 N–H and O–H groups in total. The molecule has 0 aromatic heterocycles. The van der Waals surface area contributed by atoms with Crippen LogP contribution in [-0.2, 0) is 4.79 Å². The number of aldehydes is 1. The molecule has 2 nitrogen and oxygen atoms in total. The van der Waals surface area contributed by atoms with Crippen molar-refractivity contribution in [2.75, 3.05) is 19.6 Å². The van der Waals surface area contributed by atoms with Crippen molar-refractivity contribution in [1.29, 1.82) is 0 Å². The Morgan fingerprint density at radius 3 is 2.12 bits per heavy atom. The Balaban J connectivity index is 2.56. The van der Waals surface area contributed by atoms with Crippen LogP contribution >= 0.6 is 0 Å². The van der Waals surface area contributed by atoms with Crippen LogP contribution in [0.3, 0.4) is 0 Å². The normalized spacial score (nSPS) is 29.5. The lowest BCUT2D eigenvalue weighted by Gasteiger charge is -2.38. The Hall–Kier alpha value is -0.370. The molecule has 0 atom stereocenters. The summed E-state index contributed by atoms with van der Waals surface area (Å²) in [6, 6.07) is 0. The standard InChI is InChI=1S/C15H29NO/c1-4-10-16(11-5-2)12-15(13-17)8-6-14(3)7-9-15/h13-14H,4-12H2,1-3H3. The number of rotatable bonds is 7. The first-order valence-corrected chi connectivity index (χ1v) is 7.34. The lowest BCUT2D eigenvalue weighted by atomic mass is 9.71. The van der Waals surface area contributed by atoms with Crippen LogP contribution in [0.2, 0.25) is 0 Å². The summed E-state index contributed by atoms with van der Waals surface area (Å²) < 4.78 is 0. The van der Waals surface area contributed by atoms with E-state index in [9.17, 15) is 4.79 Å². The monoisotopic (exact) mass is 239 g/mol. The molecule has 17 heavy (non-hydrogen) atoms. The minimum absolute atomic E-state index is 0.0309. The third-order valence-corrected chi connectivity index (χ3v) is 4.14. The number of hydrogen-bond donors (Lipinski definition) is 0. The van der Waals surface area contributed by atoms with E-state index in [2.05, 4.69) is 25.7 Å². The highest BCUT2D eigenvalue weighted by atomic mass is 16.1. The topological polar surface area (TPSA) is 20.3 Å². The molecule has 0 amide bonds. The van der Waals surface area contributed by atoms with Crippen LogP contribution in [-0.4, -0.2) is 30.8 Å².